The van der Waals surface area contributed by atoms with E-state index < -0.39 is 0 Å². The quantitative estimate of drug-likeness (QED) is 0.595. The minimum absolute atomic E-state index is 0.139. The van der Waals surface area contributed by atoms with Crippen molar-refractivity contribution in [2.45, 2.75) is 31.2 Å². The molecule has 7 rings (SSSR count). The van der Waals surface area contributed by atoms with Gasteiger partial charge in [-0.05, 0) is 60.1 Å². The lowest BCUT2D eigenvalue weighted by Gasteiger charge is -2.41. The van der Waals surface area contributed by atoms with Gasteiger partial charge in [-0.25, -0.2) is 9.37 Å². The van der Waals surface area contributed by atoms with E-state index in [9.17, 15) is 4.39 Å². The van der Waals surface area contributed by atoms with Crippen LogP contribution in [-0.2, 0) is 6.54 Å². The Morgan fingerprint density at radius 3 is 2.74 bits per heavy atom. The largest absolute Gasteiger partial charge is 0.339 e. The zero-order chi connectivity index (χ0) is 18.1. The van der Waals surface area contributed by atoms with Gasteiger partial charge in [0.05, 0.1) is 0 Å². The van der Waals surface area contributed by atoms with E-state index in [2.05, 4.69) is 14.5 Å². The first kappa shape index (κ1) is 16.1. The van der Waals surface area contributed by atoms with E-state index in [-0.39, 0.29) is 5.82 Å². The summed E-state index contributed by atoms with van der Waals surface area (Å²) in [5, 5.41) is 1.63. The maximum absolute atomic E-state index is 14.2. The molecule has 4 aliphatic rings. The van der Waals surface area contributed by atoms with Crippen LogP contribution in [0.25, 0.3) is 10.9 Å². The molecule has 1 aliphatic carbocycles. The molecule has 27 heavy (non-hydrogen) atoms. The van der Waals surface area contributed by atoms with Gasteiger partial charge in [-0.15, -0.1) is 0 Å². The van der Waals surface area contributed by atoms with E-state index in [1.807, 2.05) is 24.4 Å². The molecule has 0 N–H and O–H groups in total. The van der Waals surface area contributed by atoms with E-state index in [1.54, 1.807) is 12.1 Å². The third kappa shape index (κ3) is 2.46. The molecule has 3 aromatic rings. The van der Waals surface area contributed by atoms with Crippen LogP contribution in [0.1, 0.15) is 41.5 Å². The first-order valence-electron chi connectivity index (χ1n) is 9.80. The monoisotopic (exact) mass is 381 g/mol. The Labute approximate surface area is 162 Å². The highest BCUT2D eigenvalue weighted by Crippen LogP contribution is 2.50. The second-order valence-electron chi connectivity index (χ2n) is 8.49. The fourth-order valence-electron chi connectivity index (χ4n) is 5.91. The van der Waals surface area contributed by atoms with Crippen LogP contribution in [0.2, 0.25) is 5.15 Å². The smallest absolute Gasteiger partial charge is 0.129 e. The van der Waals surface area contributed by atoms with Crippen molar-refractivity contribution in [3.05, 3.63) is 64.3 Å². The fourth-order valence-corrected chi connectivity index (χ4v) is 6.02. The molecule has 0 radical (unpaired) electrons. The molecule has 5 heteroatoms. The summed E-state index contributed by atoms with van der Waals surface area (Å²) in [7, 11) is 0. The van der Waals surface area contributed by atoms with Crippen molar-refractivity contribution < 1.29 is 4.39 Å². The lowest BCUT2D eigenvalue weighted by atomic mass is 9.82. The Bertz CT molecular complexity index is 1030. The first-order chi connectivity index (χ1) is 13.2. The lowest BCUT2D eigenvalue weighted by molar-refractivity contribution is 0.103. The number of benzene rings is 1. The number of aromatic nitrogens is 2. The number of rotatable bonds is 2. The van der Waals surface area contributed by atoms with Gasteiger partial charge in [0, 0.05) is 54.9 Å². The Kier molecular flexibility index (Phi) is 3.45. The van der Waals surface area contributed by atoms with Crippen LogP contribution in [-0.4, -0.2) is 34.1 Å². The van der Waals surface area contributed by atoms with Gasteiger partial charge in [0.2, 0.25) is 0 Å². The van der Waals surface area contributed by atoms with Crippen molar-refractivity contribution in [3.63, 3.8) is 0 Å². The molecular formula is C22H21ClFN3. The van der Waals surface area contributed by atoms with Crippen molar-refractivity contribution in [2.24, 2.45) is 5.92 Å². The van der Waals surface area contributed by atoms with E-state index >= 15 is 0 Å². The van der Waals surface area contributed by atoms with E-state index in [4.69, 9.17) is 11.6 Å². The lowest BCUT2D eigenvalue weighted by Crippen LogP contribution is -2.44. The van der Waals surface area contributed by atoms with Crippen molar-refractivity contribution >= 4 is 22.5 Å². The molecule has 4 atom stereocenters. The zero-order valence-electron chi connectivity index (χ0n) is 15.0. The number of pyridine rings is 1. The van der Waals surface area contributed by atoms with Gasteiger partial charge in [-0.2, -0.15) is 0 Å². The standard InChI is InChI=1S/C22H21ClFN3/c23-20-4-1-13(8-25-20)10-27-19-3-2-17(24)7-18(19)21-15-5-14-6-16(22(21)27)12-26(9-14)11-15/h1-4,7-8,14-16H,5-6,9-12H2. The van der Waals surface area contributed by atoms with Crippen LogP contribution in [0.3, 0.4) is 0 Å². The summed E-state index contributed by atoms with van der Waals surface area (Å²) in [6.07, 6.45) is 4.36. The molecule has 4 unspecified atom stereocenters. The summed E-state index contributed by atoms with van der Waals surface area (Å²) >= 11 is 5.97. The summed E-state index contributed by atoms with van der Waals surface area (Å²) in [5.74, 6) is 1.71. The highest BCUT2D eigenvalue weighted by atomic mass is 35.5. The molecular weight excluding hydrogens is 361 g/mol. The van der Waals surface area contributed by atoms with Gasteiger partial charge in [-0.3, -0.25) is 0 Å². The number of fused-ring (bicyclic) bond motifs is 1. The Hall–Kier alpha value is -1.91. The molecule has 1 aromatic carbocycles. The van der Waals surface area contributed by atoms with Crippen molar-refractivity contribution in [3.8, 4) is 0 Å². The van der Waals surface area contributed by atoms with Crippen LogP contribution in [0, 0.1) is 11.7 Å². The van der Waals surface area contributed by atoms with Gasteiger partial charge in [0.1, 0.15) is 11.0 Å². The van der Waals surface area contributed by atoms with Gasteiger partial charge in [0.25, 0.3) is 0 Å². The van der Waals surface area contributed by atoms with E-state index in [0.29, 0.717) is 17.0 Å². The maximum atomic E-state index is 14.2. The number of piperidine rings is 2. The fraction of sp³-hybridized carbons (Fsp3) is 0.409. The molecule has 138 valence electrons. The summed E-state index contributed by atoms with van der Waals surface area (Å²) in [5.41, 5.74) is 5.15. The Morgan fingerprint density at radius 2 is 1.93 bits per heavy atom. The molecule has 2 fully saturated rings. The molecule has 3 aliphatic heterocycles. The summed E-state index contributed by atoms with van der Waals surface area (Å²) in [6, 6.07) is 9.20. The molecule has 2 aromatic heterocycles. The molecule has 4 bridgehead atoms. The average molecular weight is 382 g/mol. The third-order valence-corrected chi connectivity index (χ3v) is 6.96. The topological polar surface area (TPSA) is 21.1 Å². The number of hydrogen-bond donors (Lipinski definition) is 0. The normalized spacial score (nSPS) is 28.5. The van der Waals surface area contributed by atoms with Crippen molar-refractivity contribution in [1.29, 1.82) is 0 Å². The van der Waals surface area contributed by atoms with Crippen molar-refractivity contribution in [2.75, 3.05) is 19.6 Å². The van der Waals surface area contributed by atoms with Crippen LogP contribution in [0.4, 0.5) is 4.39 Å². The van der Waals surface area contributed by atoms with Gasteiger partial charge >= 0.3 is 0 Å². The summed E-state index contributed by atoms with van der Waals surface area (Å²) in [6.45, 7) is 4.26. The maximum Gasteiger partial charge on any atom is 0.129 e. The third-order valence-electron chi connectivity index (χ3n) is 6.74. The van der Waals surface area contributed by atoms with Crippen molar-refractivity contribution in [1.82, 2.24) is 14.5 Å². The van der Waals surface area contributed by atoms with E-state index in [0.717, 1.165) is 42.0 Å². The minimum Gasteiger partial charge on any atom is -0.339 e. The number of nitrogens with zero attached hydrogens (tertiary/aromatic N) is 3. The molecule has 0 saturated carbocycles. The average Bonchev–Trinajstić information content (AvgIpc) is 2.85. The predicted molar refractivity (Wildman–Crippen MR) is 105 cm³/mol. The van der Waals surface area contributed by atoms with Crippen LogP contribution in [0.5, 0.6) is 0 Å². The highest BCUT2D eigenvalue weighted by molar-refractivity contribution is 6.29. The molecule has 0 spiro atoms. The van der Waals surface area contributed by atoms with Gasteiger partial charge in [-0.1, -0.05) is 17.7 Å². The second-order valence-corrected chi connectivity index (χ2v) is 8.87. The molecule has 5 heterocycles. The van der Waals surface area contributed by atoms with Gasteiger partial charge in [0.15, 0.2) is 0 Å². The highest BCUT2D eigenvalue weighted by Gasteiger charge is 2.43. The SMILES string of the molecule is Fc1ccc2c(c1)c1c(n2Cc2ccc(Cl)nc2)C2CC3CC1CN(C3)C2. The van der Waals surface area contributed by atoms with E-state index in [1.165, 1.54) is 30.6 Å². The minimum atomic E-state index is -0.139. The summed E-state index contributed by atoms with van der Waals surface area (Å²) < 4.78 is 16.6. The molecule has 2 saturated heterocycles. The van der Waals surface area contributed by atoms with Crippen LogP contribution < -0.4 is 0 Å². The number of halogens is 2. The second kappa shape index (κ2) is 5.79. The summed E-state index contributed by atoms with van der Waals surface area (Å²) in [4.78, 5) is 6.89. The molecule has 0 amide bonds. The first-order valence-corrected chi connectivity index (χ1v) is 10.2. The number of hydrogen-bond acceptors (Lipinski definition) is 2. The van der Waals surface area contributed by atoms with Crippen LogP contribution in [0.15, 0.2) is 36.5 Å². The van der Waals surface area contributed by atoms with Gasteiger partial charge < -0.3 is 9.47 Å². The Morgan fingerprint density at radius 1 is 1.07 bits per heavy atom. The molecule has 3 nitrogen and oxygen atoms in total. The predicted octanol–water partition coefficient (Wildman–Crippen LogP) is 4.78. The van der Waals surface area contributed by atoms with Crippen LogP contribution >= 0.6 is 11.6 Å². The Balaban J connectivity index is 1.58. The zero-order valence-corrected chi connectivity index (χ0v) is 15.8.